The predicted octanol–water partition coefficient (Wildman–Crippen LogP) is 2.14. The van der Waals surface area contributed by atoms with Crippen LogP contribution in [0.5, 0.6) is 0 Å². The SMILES string of the molecule is Cc1ccc(NC(=O)c2ccncc2/C=C/C(=O)O)cn1. The smallest absolute Gasteiger partial charge is 0.328 e. The van der Waals surface area contributed by atoms with Crippen LogP contribution in [0.25, 0.3) is 6.08 Å². The molecule has 0 aromatic carbocycles. The molecule has 6 heteroatoms. The van der Waals surface area contributed by atoms with Crippen molar-refractivity contribution < 1.29 is 14.7 Å². The van der Waals surface area contributed by atoms with Crippen LogP contribution in [0.4, 0.5) is 5.69 Å². The topological polar surface area (TPSA) is 92.2 Å². The van der Waals surface area contributed by atoms with Crippen molar-refractivity contribution in [1.82, 2.24) is 9.97 Å². The van der Waals surface area contributed by atoms with E-state index in [1.165, 1.54) is 24.5 Å². The minimum absolute atomic E-state index is 0.336. The van der Waals surface area contributed by atoms with Crippen LogP contribution in [0.2, 0.25) is 0 Å². The number of carbonyl (C=O) groups excluding carboxylic acids is 1. The van der Waals surface area contributed by atoms with Gasteiger partial charge in [0.1, 0.15) is 0 Å². The Labute approximate surface area is 121 Å². The molecule has 2 aromatic heterocycles. The Morgan fingerprint density at radius 2 is 2.05 bits per heavy atom. The van der Waals surface area contributed by atoms with Gasteiger partial charge in [0.15, 0.2) is 0 Å². The Morgan fingerprint density at radius 1 is 1.24 bits per heavy atom. The summed E-state index contributed by atoms with van der Waals surface area (Å²) in [6.07, 6.45) is 6.75. The molecule has 0 aliphatic heterocycles. The summed E-state index contributed by atoms with van der Waals surface area (Å²) in [5, 5.41) is 11.4. The summed E-state index contributed by atoms with van der Waals surface area (Å²) in [7, 11) is 0. The predicted molar refractivity (Wildman–Crippen MR) is 77.8 cm³/mol. The minimum atomic E-state index is -1.09. The summed E-state index contributed by atoms with van der Waals surface area (Å²) < 4.78 is 0. The maximum Gasteiger partial charge on any atom is 0.328 e. The first-order valence-corrected chi connectivity index (χ1v) is 6.15. The number of nitrogens with zero attached hydrogens (tertiary/aromatic N) is 2. The zero-order valence-electron chi connectivity index (χ0n) is 11.3. The molecule has 0 fully saturated rings. The second kappa shape index (κ2) is 6.42. The van der Waals surface area contributed by atoms with E-state index in [4.69, 9.17) is 5.11 Å². The molecule has 6 nitrogen and oxygen atoms in total. The molecular formula is C15H13N3O3. The van der Waals surface area contributed by atoms with E-state index in [1.54, 1.807) is 18.3 Å². The third kappa shape index (κ3) is 3.97. The van der Waals surface area contributed by atoms with E-state index < -0.39 is 5.97 Å². The molecule has 21 heavy (non-hydrogen) atoms. The van der Waals surface area contributed by atoms with Gasteiger partial charge in [-0.1, -0.05) is 0 Å². The third-order valence-electron chi connectivity index (χ3n) is 2.67. The van der Waals surface area contributed by atoms with E-state index in [9.17, 15) is 9.59 Å². The van der Waals surface area contributed by atoms with Crippen LogP contribution < -0.4 is 5.32 Å². The van der Waals surface area contributed by atoms with Gasteiger partial charge in [-0.3, -0.25) is 14.8 Å². The van der Waals surface area contributed by atoms with Crippen LogP contribution >= 0.6 is 0 Å². The molecule has 0 bridgehead atoms. The van der Waals surface area contributed by atoms with Gasteiger partial charge in [-0.25, -0.2) is 4.79 Å². The lowest BCUT2D eigenvalue weighted by molar-refractivity contribution is -0.131. The first kappa shape index (κ1) is 14.4. The van der Waals surface area contributed by atoms with Gasteiger partial charge in [-0.15, -0.1) is 0 Å². The van der Waals surface area contributed by atoms with Crippen molar-refractivity contribution in [3.8, 4) is 0 Å². The van der Waals surface area contributed by atoms with Crippen LogP contribution in [-0.2, 0) is 4.79 Å². The van der Waals surface area contributed by atoms with Gasteiger partial charge in [0.2, 0.25) is 0 Å². The Kier molecular flexibility index (Phi) is 4.40. The molecule has 0 saturated carbocycles. The van der Waals surface area contributed by atoms with Crippen LogP contribution in [-0.4, -0.2) is 27.0 Å². The summed E-state index contributed by atoms with van der Waals surface area (Å²) in [5.74, 6) is -1.44. The highest BCUT2D eigenvalue weighted by atomic mass is 16.4. The van der Waals surface area contributed by atoms with Gasteiger partial charge in [-0.05, 0) is 31.2 Å². The number of hydrogen-bond donors (Lipinski definition) is 2. The van der Waals surface area contributed by atoms with Crippen molar-refractivity contribution >= 4 is 23.6 Å². The van der Waals surface area contributed by atoms with Crippen LogP contribution in [0.1, 0.15) is 21.6 Å². The lowest BCUT2D eigenvalue weighted by atomic mass is 10.1. The van der Waals surface area contributed by atoms with E-state index >= 15 is 0 Å². The maximum atomic E-state index is 12.2. The Bertz CT molecular complexity index is 694. The summed E-state index contributed by atoms with van der Waals surface area (Å²) in [6.45, 7) is 1.85. The number of aryl methyl sites for hydroxylation is 1. The number of hydrogen-bond acceptors (Lipinski definition) is 4. The summed E-state index contributed by atoms with van der Waals surface area (Å²) in [4.78, 5) is 30.8. The van der Waals surface area contributed by atoms with Crippen molar-refractivity contribution in [3.05, 3.63) is 59.7 Å². The summed E-state index contributed by atoms with van der Waals surface area (Å²) in [6, 6.07) is 5.06. The van der Waals surface area contributed by atoms with Gasteiger partial charge in [0.25, 0.3) is 5.91 Å². The molecule has 2 heterocycles. The quantitative estimate of drug-likeness (QED) is 0.839. The molecule has 0 atom stereocenters. The Hall–Kier alpha value is -3.02. The highest BCUT2D eigenvalue weighted by molar-refractivity contribution is 6.06. The number of nitrogens with one attached hydrogen (secondary N) is 1. The molecule has 1 amide bonds. The number of rotatable bonds is 4. The number of carbonyl (C=O) groups is 2. The number of carboxylic acids is 1. The fourth-order valence-electron chi connectivity index (χ4n) is 1.65. The van der Waals surface area contributed by atoms with E-state index in [0.717, 1.165) is 11.8 Å². The molecule has 0 aliphatic rings. The number of amides is 1. The van der Waals surface area contributed by atoms with Crippen molar-refractivity contribution in [2.75, 3.05) is 5.32 Å². The molecule has 106 valence electrons. The lowest BCUT2D eigenvalue weighted by Gasteiger charge is -2.07. The molecule has 0 radical (unpaired) electrons. The van der Waals surface area contributed by atoms with Crippen LogP contribution in [0.15, 0.2) is 42.9 Å². The van der Waals surface area contributed by atoms with E-state index in [1.807, 2.05) is 6.92 Å². The molecule has 2 aromatic rings. The van der Waals surface area contributed by atoms with Gasteiger partial charge >= 0.3 is 5.97 Å². The fourth-order valence-corrected chi connectivity index (χ4v) is 1.65. The number of aliphatic carboxylic acids is 1. The minimum Gasteiger partial charge on any atom is -0.478 e. The van der Waals surface area contributed by atoms with Gasteiger partial charge in [-0.2, -0.15) is 0 Å². The van der Waals surface area contributed by atoms with Crippen LogP contribution in [0, 0.1) is 6.92 Å². The molecule has 0 saturated heterocycles. The van der Waals surface area contributed by atoms with E-state index in [2.05, 4.69) is 15.3 Å². The zero-order chi connectivity index (χ0) is 15.2. The number of pyridine rings is 2. The molecule has 2 N–H and O–H groups in total. The molecule has 0 aliphatic carbocycles. The van der Waals surface area contributed by atoms with Gasteiger partial charge in [0, 0.05) is 35.3 Å². The molecule has 0 spiro atoms. The molecular weight excluding hydrogens is 270 g/mol. The lowest BCUT2D eigenvalue weighted by Crippen LogP contribution is -2.13. The van der Waals surface area contributed by atoms with Crippen molar-refractivity contribution in [2.45, 2.75) is 6.92 Å². The monoisotopic (exact) mass is 283 g/mol. The van der Waals surface area contributed by atoms with Crippen molar-refractivity contribution in [3.63, 3.8) is 0 Å². The Morgan fingerprint density at radius 3 is 2.71 bits per heavy atom. The highest BCUT2D eigenvalue weighted by Crippen LogP contribution is 2.13. The normalized spacial score (nSPS) is 10.5. The maximum absolute atomic E-state index is 12.2. The second-order valence-corrected chi connectivity index (χ2v) is 4.28. The van der Waals surface area contributed by atoms with Gasteiger partial charge in [0.05, 0.1) is 11.9 Å². The zero-order valence-corrected chi connectivity index (χ0v) is 11.3. The molecule has 0 unspecified atom stereocenters. The summed E-state index contributed by atoms with van der Waals surface area (Å²) >= 11 is 0. The largest absolute Gasteiger partial charge is 0.478 e. The number of aromatic nitrogens is 2. The number of anilines is 1. The first-order chi connectivity index (χ1) is 10.1. The molecule has 2 rings (SSSR count). The van der Waals surface area contributed by atoms with E-state index in [0.29, 0.717) is 16.8 Å². The van der Waals surface area contributed by atoms with E-state index in [-0.39, 0.29) is 5.91 Å². The van der Waals surface area contributed by atoms with Crippen molar-refractivity contribution in [1.29, 1.82) is 0 Å². The highest BCUT2D eigenvalue weighted by Gasteiger charge is 2.10. The average molecular weight is 283 g/mol. The second-order valence-electron chi connectivity index (χ2n) is 4.28. The van der Waals surface area contributed by atoms with Crippen molar-refractivity contribution in [2.24, 2.45) is 0 Å². The summed E-state index contributed by atoms with van der Waals surface area (Å²) in [5.41, 5.74) is 2.18. The average Bonchev–Trinajstić information content (AvgIpc) is 2.47. The standard InChI is InChI=1S/C15H13N3O3/c1-10-2-4-12(9-17-10)18-15(21)13-6-7-16-8-11(13)3-5-14(19)20/h2-9H,1H3,(H,18,21)(H,19,20)/b5-3+. The van der Waals surface area contributed by atoms with Crippen LogP contribution in [0.3, 0.4) is 0 Å². The number of carboxylic acid groups (broad SMARTS) is 1. The fraction of sp³-hybridized carbons (Fsp3) is 0.0667. The first-order valence-electron chi connectivity index (χ1n) is 6.15. The third-order valence-corrected chi connectivity index (χ3v) is 2.67. The van der Waals surface area contributed by atoms with Gasteiger partial charge < -0.3 is 10.4 Å². The Balaban J connectivity index is 2.23.